The number of benzene rings is 2. The van der Waals surface area contributed by atoms with Crippen molar-refractivity contribution in [3.05, 3.63) is 74.3 Å². The van der Waals surface area contributed by atoms with Crippen molar-refractivity contribution < 1.29 is 9.53 Å². The number of fused-ring (bicyclic) bond motifs is 2. The van der Waals surface area contributed by atoms with Gasteiger partial charge in [0.1, 0.15) is 0 Å². The smallest absolute Gasteiger partial charge is 0.262 e. The standard InChI is InChI=1S/C22H23N3O3S/c1-28-12-4-10-25-21(27)18-8-7-16(13-19(18)23-22(25)29)20(26)24-11-9-15-5-2-3-6-17(15)14-24/h2-3,5-8,13H,4,9-12,14H2,1H3,(H,23,29). The van der Waals surface area contributed by atoms with Crippen LogP contribution in [0.2, 0.25) is 0 Å². The highest BCUT2D eigenvalue weighted by atomic mass is 32.1. The number of rotatable bonds is 5. The summed E-state index contributed by atoms with van der Waals surface area (Å²) in [7, 11) is 1.63. The van der Waals surface area contributed by atoms with Gasteiger partial charge in [0.15, 0.2) is 4.77 Å². The molecule has 4 rings (SSSR count). The van der Waals surface area contributed by atoms with Crippen molar-refractivity contribution in [2.24, 2.45) is 0 Å². The Bertz CT molecular complexity index is 1180. The zero-order valence-electron chi connectivity index (χ0n) is 16.3. The first-order valence-corrected chi connectivity index (χ1v) is 10.1. The minimum atomic E-state index is -0.147. The van der Waals surface area contributed by atoms with Crippen LogP contribution in [0.25, 0.3) is 10.9 Å². The molecule has 1 aromatic heterocycles. The molecule has 6 nitrogen and oxygen atoms in total. The van der Waals surface area contributed by atoms with E-state index in [1.807, 2.05) is 17.0 Å². The van der Waals surface area contributed by atoms with Gasteiger partial charge in [0.05, 0.1) is 10.9 Å². The molecule has 1 aliphatic rings. The zero-order chi connectivity index (χ0) is 20.4. The molecule has 0 unspecified atom stereocenters. The van der Waals surface area contributed by atoms with Crippen LogP contribution in [-0.4, -0.2) is 40.6 Å². The van der Waals surface area contributed by atoms with Crippen molar-refractivity contribution in [3.63, 3.8) is 0 Å². The molecular weight excluding hydrogens is 386 g/mol. The van der Waals surface area contributed by atoms with Crippen molar-refractivity contribution in [1.82, 2.24) is 14.5 Å². The number of amides is 1. The summed E-state index contributed by atoms with van der Waals surface area (Å²) in [5.41, 5.74) is 3.48. The Morgan fingerprint density at radius 1 is 1.21 bits per heavy atom. The lowest BCUT2D eigenvalue weighted by atomic mass is 9.99. The number of aromatic amines is 1. The predicted molar refractivity (Wildman–Crippen MR) is 115 cm³/mol. The van der Waals surface area contributed by atoms with Gasteiger partial charge in [0, 0.05) is 38.9 Å². The number of H-pyrrole nitrogens is 1. The predicted octanol–water partition coefficient (Wildman–Crippen LogP) is 3.29. The molecule has 1 amide bonds. The first-order chi connectivity index (χ1) is 14.1. The fourth-order valence-corrected chi connectivity index (χ4v) is 4.09. The molecule has 0 aliphatic carbocycles. The minimum Gasteiger partial charge on any atom is -0.385 e. The number of aromatic nitrogens is 2. The van der Waals surface area contributed by atoms with Crippen LogP contribution in [-0.2, 0) is 24.2 Å². The van der Waals surface area contributed by atoms with Gasteiger partial charge in [-0.15, -0.1) is 0 Å². The first kappa shape index (κ1) is 19.5. The van der Waals surface area contributed by atoms with E-state index in [4.69, 9.17) is 17.0 Å². The van der Waals surface area contributed by atoms with Crippen LogP contribution in [0, 0.1) is 4.77 Å². The SMILES string of the molecule is COCCCn1c(=S)[nH]c2cc(C(=O)N3CCc4ccccc4C3)ccc2c1=O. The number of hydrogen-bond acceptors (Lipinski definition) is 4. The van der Waals surface area contributed by atoms with Crippen molar-refractivity contribution in [2.45, 2.75) is 25.9 Å². The summed E-state index contributed by atoms with van der Waals surface area (Å²) in [5, 5.41) is 0.525. The van der Waals surface area contributed by atoms with Crippen molar-refractivity contribution in [1.29, 1.82) is 0 Å². The number of nitrogens with one attached hydrogen (secondary N) is 1. The van der Waals surface area contributed by atoms with Crippen molar-refractivity contribution >= 4 is 29.0 Å². The van der Waals surface area contributed by atoms with Gasteiger partial charge in [-0.25, -0.2) is 0 Å². The number of carbonyl (C=O) groups excluding carboxylic acids is 1. The quantitative estimate of drug-likeness (QED) is 0.519. The number of ether oxygens (including phenoxy) is 1. The highest BCUT2D eigenvalue weighted by Gasteiger charge is 2.22. The highest BCUT2D eigenvalue weighted by Crippen LogP contribution is 2.21. The van der Waals surface area contributed by atoms with Gasteiger partial charge in [-0.05, 0) is 54.4 Å². The normalized spacial score (nSPS) is 13.5. The monoisotopic (exact) mass is 409 g/mol. The zero-order valence-corrected chi connectivity index (χ0v) is 17.1. The van der Waals surface area contributed by atoms with E-state index in [0.717, 1.165) is 6.42 Å². The minimum absolute atomic E-state index is 0.0370. The molecule has 1 N–H and O–H groups in total. The third kappa shape index (κ3) is 3.88. The van der Waals surface area contributed by atoms with Crippen molar-refractivity contribution in [3.8, 4) is 0 Å². The number of methoxy groups -OCH3 is 1. The maximum atomic E-state index is 13.1. The Balaban J connectivity index is 1.62. The largest absolute Gasteiger partial charge is 0.385 e. The molecule has 3 aromatic rings. The third-order valence-corrected chi connectivity index (χ3v) is 5.70. The summed E-state index contributed by atoms with van der Waals surface area (Å²) in [4.78, 5) is 30.8. The summed E-state index contributed by atoms with van der Waals surface area (Å²) in [5.74, 6) is -0.0370. The maximum Gasteiger partial charge on any atom is 0.262 e. The molecule has 0 radical (unpaired) electrons. The molecule has 0 saturated carbocycles. The van der Waals surface area contributed by atoms with E-state index in [9.17, 15) is 9.59 Å². The van der Waals surface area contributed by atoms with Crippen LogP contribution in [0.4, 0.5) is 0 Å². The second-order valence-electron chi connectivity index (χ2n) is 7.24. The molecule has 2 aromatic carbocycles. The fourth-order valence-electron chi connectivity index (χ4n) is 3.81. The lowest BCUT2D eigenvalue weighted by Gasteiger charge is -2.29. The van der Waals surface area contributed by atoms with Crippen LogP contribution in [0.3, 0.4) is 0 Å². The Kier molecular flexibility index (Phi) is 5.60. The van der Waals surface area contributed by atoms with Gasteiger partial charge >= 0.3 is 0 Å². The second-order valence-corrected chi connectivity index (χ2v) is 7.63. The molecule has 0 saturated heterocycles. The lowest BCUT2D eigenvalue weighted by Crippen LogP contribution is -2.36. The van der Waals surface area contributed by atoms with E-state index in [1.165, 1.54) is 11.1 Å². The van der Waals surface area contributed by atoms with Gasteiger partial charge in [0.25, 0.3) is 11.5 Å². The summed E-state index contributed by atoms with van der Waals surface area (Å²) in [6, 6.07) is 13.4. The molecule has 0 bridgehead atoms. The highest BCUT2D eigenvalue weighted by molar-refractivity contribution is 7.71. The van der Waals surface area contributed by atoms with E-state index in [-0.39, 0.29) is 11.5 Å². The molecule has 0 atom stereocenters. The summed E-state index contributed by atoms with van der Waals surface area (Å²) >= 11 is 5.37. The van der Waals surface area contributed by atoms with Crippen molar-refractivity contribution in [2.75, 3.05) is 20.3 Å². The van der Waals surface area contributed by atoms with Crippen LogP contribution < -0.4 is 5.56 Å². The van der Waals surface area contributed by atoms with Crippen LogP contribution >= 0.6 is 12.2 Å². The van der Waals surface area contributed by atoms with E-state index in [1.54, 1.807) is 29.9 Å². The number of carbonyl (C=O) groups is 1. The van der Waals surface area contributed by atoms with Gasteiger partial charge in [-0.2, -0.15) is 0 Å². The molecule has 0 spiro atoms. The van der Waals surface area contributed by atoms with E-state index < -0.39 is 0 Å². The molecule has 0 fully saturated rings. The summed E-state index contributed by atoms with van der Waals surface area (Å²) in [6.07, 6.45) is 1.55. The Morgan fingerprint density at radius 3 is 2.79 bits per heavy atom. The maximum absolute atomic E-state index is 13.1. The van der Waals surface area contributed by atoms with Crippen LogP contribution in [0.1, 0.15) is 27.9 Å². The molecule has 150 valence electrons. The van der Waals surface area contributed by atoms with Gasteiger partial charge < -0.3 is 14.6 Å². The molecule has 7 heteroatoms. The Labute approximate surface area is 173 Å². The average molecular weight is 410 g/mol. The van der Waals surface area contributed by atoms with Gasteiger partial charge in [-0.3, -0.25) is 14.2 Å². The van der Waals surface area contributed by atoms with Crippen LogP contribution in [0.5, 0.6) is 0 Å². The Morgan fingerprint density at radius 2 is 2.00 bits per heavy atom. The lowest BCUT2D eigenvalue weighted by molar-refractivity contribution is 0.0735. The van der Waals surface area contributed by atoms with Gasteiger partial charge in [-0.1, -0.05) is 24.3 Å². The molecular formula is C22H23N3O3S. The topological polar surface area (TPSA) is 67.3 Å². The average Bonchev–Trinajstić information content (AvgIpc) is 2.74. The second kappa shape index (κ2) is 8.31. The third-order valence-electron chi connectivity index (χ3n) is 5.38. The molecule has 29 heavy (non-hydrogen) atoms. The van der Waals surface area contributed by atoms with Gasteiger partial charge in [0.2, 0.25) is 0 Å². The molecule has 2 heterocycles. The fraction of sp³-hybridized carbons (Fsp3) is 0.318. The summed E-state index contributed by atoms with van der Waals surface area (Å²) in [6.45, 7) is 2.34. The van der Waals surface area contributed by atoms with E-state index in [2.05, 4.69) is 17.1 Å². The summed E-state index contributed by atoms with van der Waals surface area (Å²) < 4.78 is 6.95. The van der Waals surface area contributed by atoms with E-state index >= 15 is 0 Å². The first-order valence-electron chi connectivity index (χ1n) is 9.70. The number of nitrogens with zero attached hydrogens (tertiary/aromatic N) is 2. The Hall–Kier alpha value is -2.77. The number of hydrogen-bond donors (Lipinski definition) is 1. The van der Waals surface area contributed by atoms with E-state index in [0.29, 0.717) is 53.9 Å². The van der Waals surface area contributed by atoms with Crippen LogP contribution in [0.15, 0.2) is 47.3 Å². The molecule has 1 aliphatic heterocycles.